The maximum absolute atomic E-state index is 13.3. The van der Waals surface area contributed by atoms with Gasteiger partial charge in [-0.05, 0) is 37.4 Å². The third kappa shape index (κ3) is 3.94. The molecule has 3 aromatic rings. The zero-order valence-electron chi connectivity index (χ0n) is 14.1. The highest BCUT2D eigenvalue weighted by Crippen LogP contribution is 2.29. The molecule has 0 bridgehead atoms. The summed E-state index contributed by atoms with van der Waals surface area (Å²) in [6, 6.07) is 7.16. The number of carbonyl (C=O) groups excluding carboxylic acids is 1. The highest BCUT2D eigenvalue weighted by Gasteiger charge is 2.21. The molecule has 9 heteroatoms. The van der Waals surface area contributed by atoms with Crippen LogP contribution in [0.2, 0.25) is 0 Å². The van der Waals surface area contributed by atoms with Crippen molar-refractivity contribution in [1.82, 2.24) is 14.8 Å². The topological polar surface area (TPSA) is 59.8 Å². The van der Waals surface area contributed by atoms with Crippen LogP contribution in [0, 0.1) is 11.6 Å². The molecule has 0 unspecified atom stereocenters. The summed E-state index contributed by atoms with van der Waals surface area (Å²) in [5, 5.41) is 13.1. The normalized spacial score (nSPS) is 12.2. The Morgan fingerprint density at radius 1 is 1.31 bits per heavy atom. The summed E-state index contributed by atoms with van der Waals surface area (Å²) < 4.78 is 28.2. The van der Waals surface area contributed by atoms with Crippen molar-refractivity contribution in [3.8, 4) is 10.7 Å². The number of amides is 1. The number of benzene rings is 1. The lowest BCUT2D eigenvalue weighted by Crippen LogP contribution is -2.23. The monoisotopic (exact) mass is 394 g/mol. The second-order valence-corrected chi connectivity index (χ2v) is 7.66. The minimum absolute atomic E-state index is 0.206. The summed E-state index contributed by atoms with van der Waals surface area (Å²) in [6.45, 7) is 4.37. The molecule has 0 saturated heterocycles. The quantitative estimate of drug-likeness (QED) is 0.629. The van der Waals surface area contributed by atoms with Crippen molar-refractivity contribution in [2.24, 2.45) is 0 Å². The highest BCUT2D eigenvalue weighted by molar-refractivity contribution is 8.00. The molecular weight excluding hydrogens is 378 g/mol. The lowest BCUT2D eigenvalue weighted by molar-refractivity contribution is -0.115. The molecule has 1 aromatic carbocycles. The van der Waals surface area contributed by atoms with E-state index in [9.17, 15) is 13.6 Å². The Labute approximate surface area is 157 Å². The van der Waals surface area contributed by atoms with Gasteiger partial charge in [-0.3, -0.25) is 4.79 Å². The van der Waals surface area contributed by atoms with Crippen molar-refractivity contribution >= 4 is 34.7 Å². The number of anilines is 1. The number of nitrogens with one attached hydrogen (secondary N) is 1. The van der Waals surface area contributed by atoms with E-state index >= 15 is 0 Å². The third-order valence-corrected chi connectivity index (χ3v) is 5.56. The van der Waals surface area contributed by atoms with Crippen LogP contribution in [0.15, 0.2) is 40.9 Å². The number of halogens is 2. The minimum Gasteiger partial charge on any atom is -0.325 e. The highest BCUT2D eigenvalue weighted by atomic mass is 32.2. The van der Waals surface area contributed by atoms with Crippen LogP contribution < -0.4 is 5.32 Å². The fraction of sp³-hybridized carbons (Fsp3) is 0.235. The Kier molecular flexibility index (Phi) is 5.67. The van der Waals surface area contributed by atoms with Crippen molar-refractivity contribution in [3.63, 3.8) is 0 Å². The van der Waals surface area contributed by atoms with Crippen molar-refractivity contribution in [1.29, 1.82) is 0 Å². The van der Waals surface area contributed by atoms with Crippen LogP contribution in [-0.2, 0) is 11.3 Å². The maximum Gasteiger partial charge on any atom is 0.237 e. The van der Waals surface area contributed by atoms with E-state index in [-0.39, 0.29) is 11.6 Å². The van der Waals surface area contributed by atoms with Gasteiger partial charge < -0.3 is 9.88 Å². The molecule has 0 fully saturated rings. The van der Waals surface area contributed by atoms with Crippen LogP contribution in [0.4, 0.5) is 14.5 Å². The fourth-order valence-electron chi connectivity index (χ4n) is 2.28. The van der Waals surface area contributed by atoms with Gasteiger partial charge in [0.1, 0.15) is 0 Å². The molecule has 1 amide bonds. The molecule has 3 rings (SSSR count). The second kappa shape index (κ2) is 7.96. The van der Waals surface area contributed by atoms with E-state index in [0.29, 0.717) is 11.7 Å². The maximum atomic E-state index is 13.3. The predicted molar refractivity (Wildman–Crippen MR) is 99.3 cm³/mol. The molecule has 0 aliphatic heterocycles. The fourth-order valence-corrected chi connectivity index (χ4v) is 3.91. The Balaban J connectivity index is 1.72. The lowest BCUT2D eigenvalue weighted by atomic mass is 10.3. The van der Waals surface area contributed by atoms with Crippen LogP contribution >= 0.6 is 23.1 Å². The average Bonchev–Trinajstić information content (AvgIpc) is 3.27. The van der Waals surface area contributed by atoms with Gasteiger partial charge in [-0.15, -0.1) is 21.5 Å². The average molecular weight is 394 g/mol. The molecule has 5 nitrogen and oxygen atoms in total. The van der Waals surface area contributed by atoms with E-state index in [1.54, 1.807) is 18.3 Å². The second-order valence-electron chi connectivity index (χ2n) is 5.41. The number of hydrogen-bond donors (Lipinski definition) is 1. The number of nitrogens with zero attached hydrogens (tertiary/aromatic N) is 3. The number of thiophene rings is 1. The first-order valence-corrected chi connectivity index (χ1v) is 9.65. The van der Waals surface area contributed by atoms with Crippen molar-refractivity contribution in [2.75, 3.05) is 5.32 Å². The number of rotatable bonds is 6. The molecular formula is C17H16F2N4OS2. The lowest BCUT2D eigenvalue weighted by Gasteiger charge is -2.12. The van der Waals surface area contributed by atoms with Gasteiger partial charge in [0.2, 0.25) is 5.91 Å². The smallest absolute Gasteiger partial charge is 0.237 e. The van der Waals surface area contributed by atoms with Crippen molar-refractivity contribution in [2.45, 2.75) is 30.8 Å². The number of carbonyl (C=O) groups is 1. The molecule has 1 atom stereocenters. The third-order valence-electron chi connectivity index (χ3n) is 3.61. The van der Waals surface area contributed by atoms with E-state index in [1.807, 2.05) is 29.0 Å². The van der Waals surface area contributed by atoms with Gasteiger partial charge >= 0.3 is 0 Å². The zero-order chi connectivity index (χ0) is 18.7. The van der Waals surface area contributed by atoms with Gasteiger partial charge in [-0.2, -0.15) is 0 Å². The molecule has 136 valence electrons. The summed E-state index contributed by atoms with van der Waals surface area (Å²) >= 11 is 2.83. The molecule has 2 heterocycles. The summed E-state index contributed by atoms with van der Waals surface area (Å²) in [5.74, 6) is -1.53. The number of hydrogen-bond acceptors (Lipinski definition) is 5. The van der Waals surface area contributed by atoms with Crippen LogP contribution in [0.1, 0.15) is 13.8 Å². The SMILES string of the molecule is CCn1c(S[C@@H](C)C(=O)Nc2ccc(F)c(F)c2)nnc1-c1cccs1. The number of aromatic nitrogens is 3. The molecule has 0 aliphatic rings. The van der Waals surface area contributed by atoms with Gasteiger partial charge in [-0.1, -0.05) is 17.8 Å². The molecule has 26 heavy (non-hydrogen) atoms. The Hall–Kier alpha value is -2.26. The van der Waals surface area contributed by atoms with Gasteiger partial charge in [-0.25, -0.2) is 8.78 Å². The van der Waals surface area contributed by atoms with Crippen LogP contribution in [0.5, 0.6) is 0 Å². The standard InChI is InChI=1S/C17H16F2N4OS2/c1-3-23-15(14-5-4-8-25-14)21-22-17(23)26-10(2)16(24)20-11-6-7-12(18)13(19)9-11/h4-10H,3H2,1-2H3,(H,20,24)/t10-/m0/s1. The van der Waals surface area contributed by atoms with E-state index in [1.165, 1.54) is 17.8 Å². The summed E-state index contributed by atoms with van der Waals surface area (Å²) in [5.41, 5.74) is 0.206. The largest absolute Gasteiger partial charge is 0.325 e. The van der Waals surface area contributed by atoms with Gasteiger partial charge in [0.15, 0.2) is 22.6 Å². The van der Waals surface area contributed by atoms with Gasteiger partial charge in [0.05, 0.1) is 10.1 Å². The Morgan fingerprint density at radius 3 is 2.77 bits per heavy atom. The van der Waals surface area contributed by atoms with Crippen LogP contribution in [0.25, 0.3) is 10.7 Å². The van der Waals surface area contributed by atoms with E-state index in [0.717, 1.165) is 22.8 Å². The van der Waals surface area contributed by atoms with Crippen LogP contribution in [-0.4, -0.2) is 25.9 Å². The molecule has 0 aliphatic carbocycles. The molecule has 2 aromatic heterocycles. The minimum atomic E-state index is -1.01. The van der Waals surface area contributed by atoms with Gasteiger partial charge in [0, 0.05) is 18.3 Å². The van der Waals surface area contributed by atoms with Crippen LogP contribution in [0.3, 0.4) is 0 Å². The number of thioether (sulfide) groups is 1. The first kappa shape index (κ1) is 18.5. The Morgan fingerprint density at radius 2 is 2.12 bits per heavy atom. The zero-order valence-corrected chi connectivity index (χ0v) is 15.7. The van der Waals surface area contributed by atoms with E-state index in [4.69, 9.17) is 0 Å². The van der Waals surface area contributed by atoms with E-state index < -0.39 is 16.9 Å². The van der Waals surface area contributed by atoms with E-state index in [2.05, 4.69) is 15.5 Å². The molecule has 0 spiro atoms. The molecule has 0 radical (unpaired) electrons. The van der Waals surface area contributed by atoms with Crippen molar-refractivity contribution < 1.29 is 13.6 Å². The Bertz CT molecular complexity index is 912. The molecule has 1 N–H and O–H groups in total. The van der Waals surface area contributed by atoms with Gasteiger partial charge in [0.25, 0.3) is 0 Å². The van der Waals surface area contributed by atoms with Crippen molar-refractivity contribution in [3.05, 3.63) is 47.3 Å². The first-order valence-electron chi connectivity index (χ1n) is 7.89. The summed E-state index contributed by atoms with van der Waals surface area (Å²) in [4.78, 5) is 13.3. The first-order chi connectivity index (χ1) is 12.5. The summed E-state index contributed by atoms with van der Waals surface area (Å²) in [6.07, 6.45) is 0. The predicted octanol–water partition coefficient (Wildman–Crippen LogP) is 4.42. The summed E-state index contributed by atoms with van der Waals surface area (Å²) in [7, 11) is 0. The molecule has 0 saturated carbocycles.